The lowest BCUT2D eigenvalue weighted by atomic mass is 9.96. The maximum atomic E-state index is 12.8. The predicted octanol–water partition coefficient (Wildman–Crippen LogP) is 4.47. The summed E-state index contributed by atoms with van der Waals surface area (Å²) >= 11 is 6.06. The Kier molecular flexibility index (Phi) is 5.74. The molecule has 3 aromatic heterocycles. The Morgan fingerprint density at radius 3 is 2.74 bits per heavy atom. The van der Waals surface area contributed by atoms with Crippen LogP contribution in [0.5, 0.6) is 0 Å². The average Bonchev–Trinajstić information content (AvgIpc) is 3.34. The van der Waals surface area contributed by atoms with Crippen LogP contribution >= 0.6 is 11.6 Å². The van der Waals surface area contributed by atoms with Crippen molar-refractivity contribution in [3.63, 3.8) is 0 Å². The van der Waals surface area contributed by atoms with E-state index in [4.69, 9.17) is 11.6 Å². The molecule has 1 amide bonds. The number of anilines is 1. The average molecular weight is 453 g/mol. The lowest BCUT2D eigenvalue weighted by Gasteiger charge is -2.29. The first kappa shape index (κ1) is 21.4. The number of aromatic amines is 1. The number of nitrogens with zero attached hydrogens (tertiary/aromatic N) is 3. The van der Waals surface area contributed by atoms with Gasteiger partial charge >= 0.3 is 6.18 Å². The molecule has 0 atom stereocenters. The van der Waals surface area contributed by atoms with Crippen LogP contribution in [0.15, 0.2) is 30.9 Å². The van der Waals surface area contributed by atoms with Gasteiger partial charge in [-0.05, 0) is 18.9 Å². The third-order valence-electron chi connectivity index (χ3n) is 5.36. The number of hydrogen-bond donors (Lipinski definition) is 3. The molecule has 0 aliphatic heterocycles. The second-order valence-electron chi connectivity index (χ2n) is 7.58. The molecule has 1 fully saturated rings. The van der Waals surface area contributed by atoms with Gasteiger partial charge in [0, 0.05) is 29.9 Å². The summed E-state index contributed by atoms with van der Waals surface area (Å²) in [4.78, 5) is 28.9. The van der Waals surface area contributed by atoms with E-state index in [1.807, 2.05) is 0 Å². The first-order valence-corrected chi connectivity index (χ1v) is 10.2. The largest absolute Gasteiger partial charge is 0.390 e. The summed E-state index contributed by atoms with van der Waals surface area (Å²) in [5.74, 6) is -0.0840. The molecule has 0 aromatic carbocycles. The summed E-state index contributed by atoms with van der Waals surface area (Å²) in [5.41, 5.74) is 0.933. The number of hydrogen-bond acceptors (Lipinski definition) is 5. The number of amides is 1. The lowest BCUT2D eigenvalue weighted by molar-refractivity contribution is -0.136. The van der Waals surface area contributed by atoms with Gasteiger partial charge in [0.25, 0.3) is 0 Å². The van der Waals surface area contributed by atoms with E-state index in [9.17, 15) is 18.0 Å². The summed E-state index contributed by atoms with van der Waals surface area (Å²) in [6.07, 6.45) is 3.56. The number of carbonyl (C=O) groups is 1. The van der Waals surface area contributed by atoms with Crippen LogP contribution in [0, 0.1) is 0 Å². The molecular weight excluding hydrogens is 433 g/mol. The number of rotatable bonds is 6. The van der Waals surface area contributed by atoms with Crippen LogP contribution in [0.25, 0.3) is 22.3 Å². The highest BCUT2D eigenvalue weighted by atomic mass is 35.5. The van der Waals surface area contributed by atoms with Crippen molar-refractivity contribution in [1.82, 2.24) is 25.3 Å². The summed E-state index contributed by atoms with van der Waals surface area (Å²) in [6, 6.07) is 1.77. The van der Waals surface area contributed by atoms with Crippen molar-refractivity contribution < 1.29 is 18.0 Å². The van der Waals surface area contributed by atoms with E-state index in [1.165, 1.54) is 12.4 Å². The highest BCUT2D eigenvalue weighted by Crippen LogP contribution is 2.34. The molecule has 7 nitrogen and oxygen atoms in total. The third kappa shape index (κ3) is 4.73. The van der Waals surface area contributed by atoms with E-state index in [-0.39, 0.29) is 0 Å². The molecule has 1 saturated carbocycles. The number of pyridine rings is 1. The van der Waals surface area contributed by atoms with Crippen molar-refractivity contribution in [1.29, 1.82) is 0 Å². The Labute approximate surface area is 180 Å². The maximum Gasteiger partial charge on any atom is 0.390 e. The number of nitrogens with one attached hydrogen (secondary N) is 3. The van der Waals surface area contributed by atoms with Gasteiger partial charge in [-0.25, -0.2) is 9.97 Å². The molecule has 0 bridgehead atoms. The molecule has 1 aliphatic carbocycles. The van der Waals surface area contributed by atoms with Crippen molar-refractivity contribution in [2.45, 2.75) is 43.8 Å². The van der Waals surface area contributed by atoms with Gasteiger partial charge in [0.1, 0.15) is 17.0 Å². The minimum Gasteiger partial charge on any atom is -0.355 e. The van der Waals surface area contributed by atoms with Crippen LogP contribution in [0.2, 0.25) is 5.02 Å². The predicted molar refractivity (Wildman–Crippen MR) is 111 cm³/mol. The molecule has 1 aliphatic rings. The molecule has 3 heterocycles. The zero-order chi connectivity index (χ0) is 22.1. The molecule has 0 spiro atoms. The van der Waals surface area contributed by atoms with Gasteiger partial charge in [0.2, 0.25) is 5.91 Å². The lowest BCUT2D eigenvalue weighted by Crippen LogP contribution is -2.51. The number of alkyl halides is 3. The Bertz CT molecular complexity index is 1090. The van der Waals surface area contributed by atoms with Crippen LogP contribution < -0.4 is 10.6 Å². The first-order valence-electron chi connectivity index (χ1n) is 9.84. The summed E-state index contributed by atoms with van der Waals surface area (Å²) in [6.45, 7) is -0.458. The fourth-order valence-corrected chi connectivity index (χ4v) is 4.02. The molecule has 3 N–H and O–H groups in total. The standard InChI is InChI=1S/C20H20ClF3N6O/c21-12-7-13-14(9-28-17(13)27-8-12)15-10-25-11-16(29-15)30-19(3-1-2-4-19)18(31)26-6-5-20(22,23)24/h7-11H,1-6H2,(H,26,31)(H,27,28)(H,29,30). The molecule has 0 saturated heterocycles. The van der Waals surface area contributed by atoms with Gasteiger partial charge in [0.15, 0.2) is 0 Å². The molecule has 4 rings (SSSR count). The number of aromatic nitrogens is 4. The van der Waals surface area contributed by atoms with E-state index in [2.05, 4.69) is 30.6 Å². The van der Waals surface area contributed by atoms with E-state index in [1.54, 1.807) is 18.5 Å². The van der Waals surface area contributed by atoms with Gasteiger partial charge < -0.3 is 15.6 Å². The Hall–Kier alpha value is -2.88. The molecular formula is C20H20ClF3N6O. The first-order chi connectivity index (χ1) is 14.8. The highest BCUT2D eigenvalue weighted by Gasteiger charge is 2.41. The highest BCUT2D eigenvalue weighted by molar-refractivity contribution is 6.31. The number of carbonyl (C=O) groups excluding carboxylic acids is 1. The van der Waals surface area contributed by atoms with Crippen molar-refractivity contribution in [2.24, 2.45) is 0 Å². The molecule has 11 heteroatoms. The molecule has 3 aromatic rings. The van der Waals surface area contributed by atoms with Crippen LogP contribution in [-0.2, 0) is 4.79 Å². The van der Waals surface area contributed by atoms with Crippen molar-refractivity contribution in [3.05, 3.63) is 35.9 Å². The Morgan fingerprint density at radius 2 is 2.00 bits per heavy atom. The van der Waals surface area contributed by atoms with E-state index >= 15 is 0 Å². The molecule has 31 heavy (non-hydrogen) atoms. The van der Waals surface area contributed by atoms with Crippen LogP contribution in [0.1, 0.15) is 32.1 Å². The van der Waals surface area contributed by atoms with Gasteiger partial charge in [-0.1, -0.05) is 24.4 Å². The SMILES string of the molecule is O=C(NCCC(F)(F)F)C1(Nc2cncc(-c3c[nH]c4ncc(Cl)cc34)n2)CCCC1. The van der Waals surface area contributed by atoms with Gasteiger partial charge in [0.05, 0.1) is 29.5 Å². The maximum absolute atomic E-state index is 12.8. The van der Waals surface area contributed by atoms with Crippen molar-refractivity contribution >= 4 is 34.4 Å². The summed E-state index contributed by atoms with van der Waals surface area (Å²) in [5, 5.41) is 6.82. The smallest absolute Gasteiger partial charge is 0.355 e. The van der Waals surface area contributed by atoms with Crippen LogP contribution in [0.3, 0.4) is 0 Å². The van der Waals surface area contributed by atoms with Crippen molar-refractivity contribution in [2.75, 3.05) is 11.9 Å². The van der Waals surface area contributed by atoms with E-state index in [0.717, 1.165) is 23.8 Å². The second kappa shape index (κ2) is 8.33. The van der Waals surface area contributed by atoms with Crippen LogP contribution in [-0.4, -0.2) is 44.1 Å². The molecule has 164 valence electrons. The molecule has 0 radical (unpaired) electrons. The van der Waals surface area contributed by atoms with Gasteiger partial charge in [-0.15, -0.1) is 0 Å². The normalized spacial score (nSPS) is 15.9. The zero-order valence-corrected chi connectivity index (χ0v) is 17.1. The monoisotopic (exact) mass is 452 g/mol. The molecule has 0 unspecified atom stereocenters. The minimum absolute atomic E-state index is 0.370. The third-order valence-corrected chi connectivity index (χ3v) is 5.57. The number of fused-ring (bicyclic) bond motifs is 1. The minimum atomic E-state index is -4.32. The summed E-state index contributed by atoms with van der Waals surface area (Å²) < 4.78 is 37.3. The van der Waals surface area contributed by atoms with Gasteiger partial charge in [-0.3, -0.25) is 9.78 Å². The Balaban J connectivity index is 1.56. The number of halogens is 4. The van der Waals surface area contributed by atoms with E-state index < -0.39 is 30.6 Å². The topological polar surface area (TPSA) is 95.6 Å². The van der Waals surface area contributed by atoms with Crippen molar-refractivity contribution in [3.8, 4) is 11.3 Å². The zero-order valence-electron chi connectivity index (χ0n) is 16.4. The number of H-pyrrole nitrogens is 1. The van der Waals surface area contributed by atoms with Crippen LogP contribution in [0.4, 0.5) is 19.0 Å². The second-order valence-corrected chi connectivity index (χ2v) is 8.01. The van der Waals surface area contributed by atoms with Gasteiger partial charge in [-0.2, -0.15) is 13.2 Å². The quantitative estimate of drug-likeness (QED) is 0.513. The fraction of sp³-hybridized carbons (Fsp3) is 0.400. The Morgan fingerprint density at radius 1 is 1.23 bits per heavy atom. The summed E-state index contributed by atoms with van der Waals surface area (Å²) in [7, 11) is 0. The van der Waals surface area contributed by atoms with E-state index in [0.29, 0.717) is 35.0 Å². The fourth-order valence-electron chi connectivity index (χ4n) is 3.87.